The Morgan fingerprint density at radius 3 is 2.54 bits per heavy atom. The number of benzene rings is 2. The number of hydrogen-bond donors (Lipinski definition) is 1. The van der Waals surface area contributed by atoms with Gasteiger partial charge in [-0.05, 0) is 56.4 Å². The molecule has 1 amide bonds. The van der Waals surface area contributed by atoms with Crippen molar-refractivity contribution >= 4 is 17.2 Å². The molecule has 1 N–H and O–H groups in total. The van der Waals surface area contributed by atoms with E-state index in [4.69, 9.17) is 0 Å². The topological polar surface area (TPSA) is 69.0 Å². The number of aromatic nitrogens is 1. The minimum absolute atomic E-state index is 0.0240. The number of nitriles is 1. The summed E-state index contributed by atoms with van der Waals surface area (Å²) in [5.41, 5.74) is 6.74. The van der Waals surface area contributed by atoms with Crippen molar-refractivity contribution in [2.75, 3.05) is 0 Å². The molecule has 3 aromatic rings. The lowest BCUT2D eigenvalue weighted by molar-refractivity contribution is -0.120. The average molecular weight is 485 g/mol. The molecule has 35 heavy (non-hydrogen) atoms. The summed E-state index contributed by atoms with van der Waals surface area (Å²) in [6.45, 7) is 9.11. The normalized spacial score (nSPS) is 15.8. The Kier molecular flexibility index (Phi) is 7.67. The van der Waals surface area contributed by atoms with Crippen LogP contribution in [0.1, 0.15) is 59.8 Å². The maximum atomic E-state index is 13.2. The SMILES string of the molecule is CCCCC1=C(Cc2ccc(-c3ccccc3C#N)cc2)C(=O)NC(C)N1Cc1sc(C)nc1C. The summed E-state index contributed by atoms with van der Waals surface area (Å²) in [5.74, 6) is 0.0240. The smallest absolute Gasteiger partial charge is 0.250 e. The zero-order chi connectivity index (χ0) is 24.9. The lowest BCUT2D eigenvalue weighted by atomic mass is 9.94. The van der Waals surface area contributed by atoms with E-state index in [1.165, 1.54) is 4.88 Å². The predicted molar refractivity (Wildman–Crippen MR) is 142 cm³/mol. The van der Waals surface area contributed by atoms with Crippen LogP contribution in [0.3, 0.4) is 0 Å². The zero-order valence-corrected chi connectivity index (χ0v) is 21.7. The molecule has 0 radical (unpaired) electrons. The van der Waals surface area contributed by atoms with Crippen molar-refractivity contribution in [3.8, 4) is 17.2 Å². The van der Waals surface area contributed by atoms with E-state index in [2.05, 4.69) is 54.2 Å². The van der Waals surface area contributed by atoms with Crippen molar-refractivity contribution in [2.24, 2.45) is 0 Å². The third-order valence-corrected chi connectivity index (χ3v) is 7.61. The fourth-order valence-corrected chi connectivity index (χ4v) is 5.60. The van der Waals surface area contributed by atoms with Gasteiger partial charge in [0.05, 0.1) is 35.0 Å². The monoisotopic (exact) mass is 484 g/mol. The first-order valence-electron chi connectivity index (χ1n) is 12.2. The molecule has 1 aliphatic rings. The lowest BCUT2D eigenvalue weighted by Crippen LogP contribution is -2.51. The fraction of sp³-hybridized carbons (Fsp3) is 0.345. The Hall–Kier alpha value is -3.43. The average Bonchev–Trinajstić information content (AvgIpc) is 3.18. The molecule has 180 valence electrons. The Morgan fingerprint density at radius 2 is 1.89 bits per heavy atom. The third-order valence-electron chi connectivity index (χ3n) is 6.55. The second-order valence-electron chi connectivity index (χ2n) is 9.08. The molecule has 0 saturated carbocycles. The number of unbranched alkanes of at least 4 members (excludes halogenated alkanes) is 1. The maximum Gasteiger partial charge on any atom is 0.250 e. The number of hydrogen-bond acceptors (Lipinski definition) is 5. The van der Waals surface area contributed by atoms with Crippen LogP contribution in [0.15, 0.2) is 59.8 Å². The first kappa shape index (κ1) is 24.7. The van der Waals surface area contributed by atoms with Gasteiger partial charge in [0.1, 0.15) is 0 Å². The summed E-state index contributed by atoms with van der Waals surface area (Å²) in [6, 6.07) is 18.1. The van der Waals surface area contributed by atoms with Gasteiger partial charge in [0, 0.05) is 22.6 Å². The van der Waals surface area contributed by atoms with E-state index in [9.17, 15) is 10.1 Å². The standard InChI is InChI=1S/C29H32N4OS/c1-5-6-11-27-26(29(34)32-20(3)33(27)18-28-19(2)31-21(4)35-28)16-22-12-14-23(15-13-22)25-10-8-7-9-24(25)17-30/h7-10,12-15,20H,5-6,11,16,18H2,1-4H3,(H,32,34). The van der Waals surface area contributed by atoms with Crippen molar-refractivity contribution in [2.45, 2.75) is 66.1 Å². The summed E-state index contributed by atoms with van der Waals surface area (Å²) < 4.78 is 0. The van der Waals surface area contributed by atoms with Gasteiger partial charge < -0.3 is 10.2 Å². The molecule has 6 heteroatoms. The zero-order valence-electron chi connectivity index (χ0n) is 20.9. The van der Waals surface area contributed by atoms with Crippen molar-refractivity contribution in [1.29, 1.82) is 5.26 Å². The first-order valence-corrected chi connectivity index (χ1v) is 13.0. The van der Waals surface area contributed by atoms with Crippen LogP contribution in [0.4, 0.5) is 0 Å². The van der Waals surface area contributed by atoms with Crippen molar-refractivity contribution in [3.63, 3.8) is 0 Å². The van der Waals surface area contributed by atoms with E-state index < -0.39 is 0 Å². The van der Waals surface area contributed by atoms with Gasteiger partial charge in [0.2, 0.25) is 0 Å². The molecular weight excluding hydrogens is 452 g/mol. The molecule has 1 atom stereocenters. The number of carbonyl (C=O) groups is 1. The number of amides is 1. The molecular formula is C29H32N4OS. The number of thiazole rings is 1. The third kappa shape index (κ3) is 5.47. The number of rotatable bonds is 8. The molecule has 1 aliphatic heterocycles. The Bertz CT molecular complexity index is 1280. The molecule has 0 fully saturated rings. The molecule has 5 nitrogen and oxygen atoms in total. The van der Waals surface area contributed by atoms with E-state index in [1.54, 1.807) is 11.3 Å². The highest BCUT2D eigenvalue weighted by Gasteiger charge is 2.31. The van der Waals surface area contributed by atoms with Crippen LogP contribution >= 0.6 is 11.3 Å². The molecule has 0 spiro atoms. The Morgan fingerprint density at radius 1 is 1.14 bits per heavy atom. The highest BCUT2D eigenvalue weighted by Crippen LogP contribution is 2.31. The van der Waals surface area contributed by atoms with Crippen LogP contribution in [0.5, 0.6) is 0 Å². The molecule has 2 aromatic carbocycles. The van der Waals surface area contributed by atoms with Crippen LogP contribution in [0.2, 0.25) is 0 Å². The van der Waals surface area contributed by atoms with E-state index in [1.807, 2.05) is 43.3 Å². The highest BCUT2D eigenvalue weighted by molar-refractivity contribution is 7.11. The molecule has 2 heterocycles. The van der Waals surface area contributed by atoms with Gasteiger partial charge in [0.15, 0.2) is 0 Å². The molecule has 4 rings (SSSR count). The first-order chi connectivity index (χ1) is 16.9. The van der Waals surface area contributed by atoms with Gasteiger partial charge >= 0.3 is 0 Å². The molecule has 0 saturated heterocycles. The number of nitrogens with one attached hydrogen (secondary N) is 1. The maximum absolute atomic E-state index is 13.2. The minimum Gasteiger partial charge on any atom is -0.349 e. The molecule has 1 aromatic heterocycles. The van der Waals surface area contributed by atoms with Crippen LogP contribution in [0, 0.1) is 25.2 Å². The second-order valence-corrected chi connectivity index (χ2v) is 10.4. The van der Waals surface area contributed by atoms with E-state index in [0.29, 0.717) is 12.0 Å². The fourth-order valence-electron chi connectivity index (χ4n) is 4.66. The van der Waals surface area contributed by atoms with E-state index in [-0.39, 0.29) is 12.1 Å². The summed E-state index contributed by atoms with van der Waals surface area (Å²) in [6.07, 6.45) is 3.51. The minimum atomic E-state index is -0.0650. The number of allylic oxidation sites excluding steroid dienone is 1. The molecule has 1 unspecified atom stereocenters. The quantitative estimate of drug-likeness (QED) is 0.409. The van der Waals surface area contributed by atoms with Crippen molar-refractivity contribution < 1.29 is 4.79 Å². The largest absolute Gasteiger partial charge is 0.349 e. The Labute approximate surface area is 212 Å². The van der Waals surface area contributed by atoms with Gasteiger partial charge in [-0.3, -0.25) is 4.79 Å². The van der Waals surface area contributed by atoms with Gasteiger partial charge in [-0.2, -0.15) is 5.26 Å². The van der Waals surface area contributed by atoms with Crippen molar-refractivity contribution in [1.82, 2.24) is 15.2 Å². The lowest BCUT2D eigenvalue weighted by Gasteiger charge is -2.39. The van der Waals surface area contributed by atoms with E-state index >= 15 is 0 Å². The van der Waals surface area contributed by atoms with Crippen molar-refractivity contribution in [3.05, 3.63) is 86.5 Å². The van der Waals surface area contributed by atoms with Gasteiger partial charge in [0.25, 0.3) is 5.91 Å². The predicted octanol–water partition coefficient (Wildman–Crippen LogP) is 6.26. The highest BCUT2D eigenvalue weighted by atomic mass is 32.1. The van der Waals surface area contributed by atoms with Crippen LogP contribution in [0.25, 0.3) is 11.1 Å². The summed E-state index contributed by atoms with van der Waals surface area (Å²) in [5, 5.41) is 13.7. The summed E-state index contributed by atoms with van der Waals surface area (Å²) in [7, 11) is 0. The summed E-state index contributed by atoms with van der Waals surface area (Å²) in [4.78, 5) is 21.4. The Balaban J connectivity index is 1.66. The summed E-state index contributed by atoms with van der Waals surface area (Å²) >= 11 is 1.73. The number of nitrogens with zero attached hydrogens (tertiary/aromatic N) is 3. The van der Waals surface area contributed by atoms with Gasteiger partial charge in [-0.15, -0.1) is 11.3 Å². The van der Waals surface area contributed by atoms with Crippen LogP contribution in [-0.2, 0) is 17.8 Å². The number of carbonyl (C=O) groups excluding carboxylic acids is 1. The second kappa shape index (κ2) is 10.9. The van der Waals surface area contributed by atoms with Crippen LogP contribution < -0.4 is 5.32 Å². The van der Waals surface area contributed by atoms with Crippen LogP contribution in [-0.4, -0.2) is 22.0 Å². The molecule has 0 bridgehead atoms. The van der Waals surface area contributed by atoms with E-state index in [0.717, 1.165) is 64.5 Å². The molecule has 0 aliphatic carbocycles. The van der Waals surface area contributed by atoms with Gasteiger partial charge in [-0.25, -0.2) is 4.98 Å². The van der Waals surface area contributed by atoms with Gasteiger partial charge in [-0.1, -0.05) is 55.8 Å². The number of aryl methyl sites for hydroxylation is 2.